The largest absolute Gasteiger partial charge is 0.185 e. The van der Waals surface area contributed by atoms with E-state index in [2.05, 4.69) is 149 Å². The molecule has 2 aromatic carbocycles. The number of rotatable bonds is 4. The van der Waals surface area contributed by atoms with Gasteiger partial charge in [-0.15, -0.1) is 0 Å². The van der Waals surface area contributed by atoms with Crippen LogP contribution in [0.25, 0.3) is 11.3 Å². The van der Waals surface area contributed by atoms with Gasteiger partial charge in [0.15, 0.2) is 0 Å². The molecule has 0 amide bonds. The van der Waals surface area contributed by atoms with Gasteiger partial charge >= 0.3 is 130 Å². The van der Waals surface area contributed by atoms with Crippen LogP contribution in [0.2, 0.25) is 0 Å². The number of aromatic nitrogens is 2. The Hall–Kier alpha value is -0.242. The second kappa shape index (κ2) is 9.80. The molecule has 3 aromatic rings. The average Bonchev–Trinajstić information content (AvgIpc) is 3.48. The molecule has 0 bridgehead atoms. The van der Waals surface area contributed by atoms with E-state index in [-0.39, 0.29) is 0 Å². The number of nitrogens with zero attached hydrogens (tertiary/aromatic N) is 3. The van der Waals surface area contributed by atoms with Crippen molar-refractivity contribution < 1.29 is 19.4 Å². The van der Waals surface area contributed by atoms with Crippen LogP contribution in [0.5, 0.6) is 0 Å². The maximum absolute atomic E-state index is 2.39. The van der Waals surface area contributed by atoms with Crippen molar-refractivity contribution in [2.45, 2.75) is 25.4 Å². The van der Waals surface area contributed by atoms with E-state index in [9.17, 15) is 0 Å². The van der Waals surface area contributed by atoms with Crippen molar-refractivity contribution in [3.8, 4) is 11.3 Å². The van der Waals surface area contributed by atoms with Gasteiger partial charge < -0.3 is 0 Å². The van der Waals surface area contributed by atoms with Crippen LogP contribution < -0.4 is 0 Å². The zero-order chi connectivity index (χ0) is 18.5. The molecule has 1 aliphatic carbocycles. The summed E-state index contributed by atoms with van der Waals surface area (Å²) >= 11 is 7.02. The Bertz CT molecular complexity index is 884. The van der Waals surface area contributed by atoms with Crippen molar-refractivity contribution in [2.24, 2.45) is 7.05 Å². The van der Waals surface area contributed by atoms with Crippen molar-refractivity contribution in [3.63, 3.8) is 0 Å². The van der Waals surface area contributed by atoms with Crippen LogP contribution in [-0.4, -0.2) is 16.5 Å². The first-order valence-corrected chi connectivity index (χ1v) is 11.5. The Morgan fingerprint density at radius 1 is 1.00 bits per heavy atom. The predicted octanol–water partition coefficient (Wildman–Crippen LogP) is 5.77. The van der Waals surface area contributed by atoms with Crippen molar-refractivity contribution in [1.82, 2.24) is 10.5 Å². The fraction of sp³-hybridized carbons (Fsp3) is 0.250. The maximum Gasteiger partial charge on any atom is 0.0311 e. The molecule has 3 nitrogen and oxygen atoms in total. The topological polar surface area (TPSA) is 13.1 Å². The molecular weight excluding hydrogens is 731 g/mol. The quantitative estimate of drug-likeness (QED) is 0.244. The van der Waals surface area contributed by atoms with Gasteiger partial charge in [0.1, 0.15) is 0 Å². The van der Waals surface area contributed by atoms with Crippen LogP contribution in [0.4, 0.5) is 0 Å². The van der Waals surface area contributed by atoms with Gasteiger partial charge in [0, 0.05) is 51.8 Å². The molecule has 1 aliphatic rings. The fourth-order valence-corrected chi connectivity index (χ4v) is 4.32. The van der Waals surface area contributed by atoms with E-state index < -0.39 is 0 Å². The summed E-state index contributed by atoms with van der Waals surface area (Å²) in [5, 5.41) is 0. The zero-order valence-electron chi connectivity index (χ0n) is 14.5. The first kappa shape index (κ1) is 20.5. The molecule has 0 N–H and O–H groups in total. The normalized spacial score (nSPS) is 13.5. The SMILES string of the molecule is Cn1cc(-c2ccccc2)n(Cc2ccccc2)[c]1=[Pt].IN(I)C1CC1. The monoisotopic (exact) mass is 752 g/mol. The summed E-state index contributed by atoms with van der Waals surface area (Å²) in [5.74, 6) is 0. The summed E-state index contributed by atoms with van der Waals surface area (Å²) in [6.07, 6.45) is 5.01. The Kier molecular flexibility index (Phi) is 7.73. The molecule has 0 saturated heterocycles. The summed E-state index contributed by atoms with van der Waals surface area (Å²) in [7, 11) is 2.09. The summed E-state index contributed by atoms with van der Waals surface area (Å²) < 4.78 is 7.97. The van der Waals surface area contributed by atoms with Gasteiger partial charge in [0.25, 0.3) is 0 Å². The minimum absolute atomic E-state index is 0.894. The van der Waals surface area contributed by atoms with E-state index >= 15 is 0 Å². The molecule has 0 atom stereocenters. The molecule has 0 aliphatic heterocycles. The summed E-state index contributed by atoms with van der Waals surface area (Å²) in [4.78, 5) is 0. The summed E-state index contributed by atoms with van der Waals surface area (Å²) in [6.45, 7) is 0.894. The average molecular weight is 752 g/mol. The minimum atomic E-state index is 0.894. The number of halogens is 2. The van der Waals surface area contributed by atoms with E-state index in [0.717, 1.165) is 12.6 Å². The Balaban J connectivity index is 0.000000278. The molecule has 1 fully saturated rings. The zero-order valence-corrected chi connectivity index (χ0v) is 21.1. The third kappa shape index (κ3) is 5.63. The second-order valence-corrected chi connectivity index (χ2v) is 11.2. The molecule has 1 heterocycles. The van der Waals surface area contributed by atoms with Crippen LogP contribution >= 0.6 is 45.7 Å². The van der Waals surface area contributed by atoms with E-state index in [0.29, 0.717) is 0 Å². The van der Waals surface area contributed by atoms with E-state index in [1.54, 1.807) is 0 Å². The van der Waals surface area contributed by atoms with Crippen LogP contribution in [0.15, 0.2) is 66.9 Å². The summed E-state index contributed by atoms with van der Waals surface area (Å²) in [5.41, 5.74) is 3.82. The Labute approximate surface area is 193 Å². The van der Waals surface area contributed by atoms with E-state index in [1.807, 2.05) is 0 Å². The van der Waals surface area contributed by atoms with Crippen molar-refractivity contribution >= 4 is 45.7 Å². The van der Waals surface area contributed by atoms with Gasteiger partial charge in [0.05, 0.1) is 0 Å². The van der Waals surface area contributed by atoms with Gasteiger partial charge in [-0.3, -0.25) is 0 Å². The Morgan fingerprint density at radius 2 is 1.58 bits per heavy atom. The first-order chi connectivity index (χ1) is 12.6. The fourth-order valence-electron chi connectivity index (χ4n) is 2.61. The molecule has 140 valence electrons. The number of benzene rings is 2. The first-order valence-electron chi connectivity index (χ1n) is 8.48. The van der Waals surface area contributed by atoms with Crippen LogP contribution in [0.3, 0.4) is 0 Å². The van der Waals surface area contributed by atoms with Gasteiger partial charge in [-0.1, -0.05) is 0 Å². The van der Waals surface area contributed by atoms with Crippen molar-refractivity contribution in [2.75, 3.05) is 0 Å². The third-order valence-corrected chi connectivity index (χ3v) is 7.15. The van der Waals surface area contributed by atoms with Crippen molar-refractivity contribution in [3.05, 3.63) is 76.2 Å². The molecule has 0 unspecified atom stereocenters. The van der Waals surface area contributed by atoms with E-state index in [1.165, 1.54) is 33.5 Å². The molecule has 0 spiro atoms. The molecule has 0 radical (unpaired) electrons. The number of hydrogen-bond acceptors (Lipinski definition) is 1. The molecule has 4 rings (SSSR count). The van der Waals surface area contributed by atoms with Gasteiger partial charge in [-0.05, 0) is 12.8 Å². The molecule has 6 heteroatoms. The maximum atomic E-state index is 2.39. The smallest absolute Gasteiger partial charge is 0.0311 e. The van der Waals surface area contributed by atoms with Crippen LogP contribution in [0.1, 0.15) is 18.4 Å². The Morgan fingerprint density at radius 3 is 2.08 bits per heavy atom. The van der Waals surface area contributed by atoms with Crippen molar-refractivity contribution in [1.29, 1.82) is 0 Å². The van der Waals surface area contributed by atoms with Gasteiger partial charge in [-0.25, -0.2) is 0 Å². The van der Waals surface area contributed by atoms with Gasteiger partial charge in [-0.2, -0.15) is 1.33 Å². The third-order valence-electron chi connectivity index (χ3n) is 4.16. The number of aryl methyl sites for hydroxylation is 1. The molecule has 26 heavy (non-hydrogen) atoms. The standard InChI is InChI=1S/C17H16N2.C3H5I2N.Pt/c1-18-13-17(16-10-6-3-7-11-16)19(14-18)12-15-8-4-2-5-9-15;4-6(5)3-1-2-3;/h2-11,13H,12H2,1H3;3H,1-2H2;. The number of hydrogen-bond donors (Lipinski definition) is 0. The van der Waals surface area contributed by atoms with Gasteiger partial charge in [0.2, 0.25) is 0 Å². The minimum Gasteiger partial charge on any atom is -0.185 e. The number of imidazole rings is 1. The molecule has 1 aromatic heterocycles. The predicted molar refractivity (Wildman–Crippen MR) is 121 cm³/mol. The molecule has 1 saturated carbocycles. The summed E-state index contributed by atoms with van der Waals surface area (Å²) in [6, 6.07) is 22.0. The second-order valence-electron chi connectivity index (χ2n) is 6.29. The van der Waals surface area contributed by atoms with Crippen LogP contribution in [0, 0.1) is 3.80 Å². The van der Waals surface area contributed by atoms with E-state index in [4.69, 9.17) is 0 Å². The van der Waals surface area contributed by atoms with Crippen LogP contribution in [-0.2, 0) is 32.9 Å². The molecular formula is C20H21I2N3Pt.